The second kappa shape index (κ2) is 6.85. The number of rotatable bonds is 1. The number of hydrogen-bond donors (Lipinski definition) is 0. The van der Waals surface area contributed by atoms with Crippen molar-refractivity contribution in [1.29, 1.82) is 0 Å². The molecule has 1 saturated heterocycles. The van der Waals surface area contributed by atoms with E-state index < -0.39 is 0 Å². The van der Waals surface area contributed by atoms with Gasteiger partial charge >= 0.3 is 0 Å². The molecule has 2 aromatic rings. The van der Waals surface area contributed by atoms with E-state index in [0.717, 1.165) is 15.6 Å². The lowest BCUT2D eigenvalue weighted by Crippen LogP contribution is -2.24. The van der Waals surface area contributed by atoms with Gasteiger partial charge in [-0.15, -0.1) is 0 Å². The molecule has 2 heterocycles. The van der Waals surface area contributed by atoms with Crippen LogP contribution in [-0.4, -0.2) is 30.1 Å². The molecular weight excluding hydrogens is 409 g/mol. The van der Waals surface area contributed by atoms with Gasteiger partial charge in [0.05, 0.1) is 16.4 Å². The van der Waals surface area contributed by atoms with E-state index in [1.54, 1.807) is 35.8 Å². The Hall–Kier alpha value is -1.60. The minimum atomic E-state index is -0.0657. The van der Waals surface area contributed by atoms with E-state index in [-0.39, 0.29) is 5.91 Å². The summed E-state index contributed by atoms with van der Waals surface area (Å²) in [7, 11) is 3.67. The van der Waals surface area contributed by atoms with Gasteiger partial charge in [0.25, 0.3) is 5.91 Å². The molecule has 8 heteroatoms. The van der Waals surface area contributed by atoms with Crippen molar-refractivity contribution in [2.45, 2.75) is 4.90 Å². The summed E-state index contributed by atoms with van der Waals surface area (Å²) in [6.07, 6.45) is 0. The third-order valence-corrected chi connectivity index (χ3v) is 6.96. The van der Waals surface area contributed by atoms with Crippen molar-refractivity contribution in [1.82, 2.24) is 4.90 Å². The summed E-state index contributed by atoms with van der Waals surface area (Å²) in [4.78, 5) is 22.7. The van der Waals surface area contributed by atoms with Crippen molar-refractivity contribution in [3.63, 3.8) is 0 Å². The summed E-state index contributed by atoms with van der Waals surface area (Å²) in [6.45, 7) is 0. The molecule has 0 aromatic heterocycles. The molecule has 0 aliphatic carbocycles. The van der Waals surface area contributed by atoms with Gasteiger partial charge in [-0.05, 0) is 48.2 Å². The van der Waals surface area contributed by atoms with Crippen molar-refractivity contribution in [2.75, 3.05) is 19.0 Å². The Labute approximate surface area is 169 Å². The molecule has 2 aromatic carbocycles. The molecule has 0 atom stereocenters. The fourth-order valence-electron chi connectivity index (χ4n) is 2.65. The van der Waals surface area contributed by atoms with Crippen LogP contribution in [0.25, 0.3) is 0 Å². The van der Waals surface area contributed by atoms with Gasteiger partial charge in [0.2, 0.25) is 0 Å². The van der Waals surface area contributed by atoms with Gasteiger partial charge < -0.3 is 4.90 Å². The first-order valence-electron chi connectivity index (χ1n) is 7.69. The van der Waals surface area contributed by atoms with Gasteiger partial charge in [0.1, 0.15) is 4.91 Å². The molecule has 2 aliphatic heterocycles. The quantitative estimate of drug-likeness (QED) is 0.561. The van der Waals surface area contributed by atoms with Gasteiger partial charge in [0.15, 0.2) is 5.17 Å². The maximum atomic E-state index is 12.8. The summed E-state index contributed by atoms with van der Waals surface area (Å²) in [5.41, 5.74) is 1.72. The number of likely N-dealkylation sites (N-methyl/N-ethyl adjacent to an activating group) is 1. The minimum absolute atomic E-state index is 0.0657. The molecule has 0 N–H and O–H groups in total. The number of fused-ring (bicyclic) bond motifs is 1. The van der Waals surface area contributed by atoms with Crippen molar-refractivity contribution in [3.8, 4) is 0 Å². The van der Waals surface area contributed by atoms with Crippen LogP contribution in [-0.2, 0) is 4.79 Å². The second-order valence-electron chi connectivity index (χ2n) is 5.75. The molecule has 0 bridgehead atoms. The third kappa shape index (κ3) is 3.11. The maximum absolute atomic E-state index is 12.8. The fraction of sp³-hybridized carbons (Fsp3) is 0.111. The van der Waals surface area contributed by atoms with E-state index in [0.29, 0.717) is 25.8 Å². The van der Waals surface area contributed by atoms with Crippen molar-refractivity contribution in [3.05, 3.63) is 62.4 Å². The minimum Gasteiger partial charge on any atom is -0.337 e. The molecule has 26 heavy (non-hydrogen) atoms. The van der Waals surface area contributed by atoms with Crippen LogP contribution in [0.2, 0.25) is 10.0 Å². The molecule has 4 nitrogen and oxygen atoms in total. The highest BCUT2D eigenvalue weighted by Crippen LogP contribution is 2.50. The highest BCUT2D eigenvalue weighted by atomic mass is 35.5. The molecule has 1 amide bonds. The predicted octanol–water partition coefficient (Wildman–Crippen LogP) is 5.60. The number of amidine groups is 1. The highest BCUT2D eigenvalue weighted by Gasteiger charge is 2.37. The Morgan fingerprint density at radius 3 is 2.50 bits per heavy atom. The number of aliphatic imine (C=N–C) groups is 1. The van der Waals surface area contributed by atoms with Gasteiger partial charge in [-0.3, -0.25) is 9.69 Å². The number of hydrogen-bond acceptors (Lipinski definition) is 5. The summed E-state index contributed by atoms with van der Waals surface area (Å²) >= 11 is 15.1. The van der Waals surface area contributed by atoms with Crippen LogP contribution in [0.4, 0.5) is 11.4 Å². The number of anilines is 1. The number of halogens is 2. The van der Waals surface area contributed by atoms with E-state index in [1.807, 2.05) is 42.3 Å². The van der Waals surface area contributed by atoms with E-state index in [4.69, 9.17) is 23.2 Å². The Morgan fingerprint density at radius 1 is 0.962 bits per heavy atom. The summed E-state index contributed by atoms with van der Waals surface area (Å²) in [5.74, 6) is -0.0657. The average molecular weight is 422 g/mol. The first kappa shape index (κ1) is 17.8. The van der Waals surface area contributed by atoms with E-state index >= 15 is 0 Å². The number of carbonyl (C=O) groups is 1. The molecule has 0 unspecified atom stereocenters. The van der Waals surface area contributed by atoms with Crippen molar-refractivity contribution >= 4 is 69.2 Å². The van der Waals surface area contributed by atoms with Crippen LogP contribution in [0, 0.1) is 0 Å². The second-order valence-corrected chi connectivity index (χ2v) is 8.63. The Morgan fingerprint density at radius 2 is 1.73 bits per heavy atom. The molecule has 0 saturated carbocycles. The zero-order chi connectivity index (χ0) is 18.4. The lowest BCUT2D eigenvalue weighted by atomic mass is 10.3. The summed E-state index contributed by atoms with van der Waals surface area (Å²) < 4.78 is 0. The number of benzene rings is 2. The van der Waals surface area contributed by atoms with Gasteiger partial charge in [-0.1, -0.05) is 41.0 Å². The first-order chi connectivity index (χ1) is 12.4. The maximum Gasteiger partial charge on any atom is 0.269 e. The smallest absolute Gasteiger partial charge is 0.269 e. The van der Waals surface area contributed by atoms with Crippen LogP contribution in [0.3, 0.4) is 0 Å². The summed E-state index contributed by atoms with van der Waals surface area (Å²) in [6, 6.07) is 13.0. The number of thioether (sulfide) groups is 2. The molecular formula is C18H13Cl2N3OS2. The largest absolute Gasteiger partial charge is 0.337 e. The molecule has 0 spiro atoms. The molecule has 4 rings (SSSR count). The Balaban J connectivity index is 1.71. The lowest BCUT2D eigenvalue weighted by Gasteiger charge is -2.14. The molecule has 1 fully saturated rings. The third-order valence-electron chi connectivity index (χ3n) is 4.00. The highest BCUT2D eigenvalue weighted by molar-refractivity contribution is 8.19. The van der Waals surface area contributed by atoms with Crippen LogP contribution >= 0.6 is 46.7 Å². The Bertz CT molecular complexity index is 990. The first-order valence-corrected chi connectivity index (χ1v) is 10.1. The molecule has 0 radical (unpaired) electrons. The normalized spacial score (nSPS) is 21.1. The van der Waals surface area contributed by atoms with Crippen molar-refractivity contribution < 1.29 is 4.79 Å². The predicted molar refractivity (Wildman–Crippen MR) is 112 cm³/mol. The van der Waals surface area contributed by atoms with Gasteiger partial charge in [-0.25, -0.2) is 4.99 Å². The topological polar surface area (TPSA) is 35.9 Å². The van der Waals surface area contributed by atoms with Crippen molar-refractivity contribution in [2.24, 2.45) is 4.99 Å². The van der Waals surface area contributed by atoms with E-state index in [1.165, 1.54) is 11.8 Å². The van der Waals surface area contributed by atoms with Gasteiger partial charge in [0, 0.05) is 29.0 Å². The monoisotopic (exact) mass is 421 g/mol. The number of amides is 1. The van der Waals surface area contributed by atoms with E-state index in [2.05, 4.69) is 4.99 Å². The summed E-state index contributed by atoms with van der Waals surface area (Å²) in [5, 5.41) is 2.80. The number of nitrogens with zero attached hydrogens (tertiary/aromatic N) is 3. The molecule has 132 valence electrons. The zero-order valence-electron chi connectivity index (χ0n) is 13.9. The van der Waals surface area contributed by atoms with Crippen LogP contribution in [0.15, 0.2) is 62.3 Å². The standard InChI is InChI=1S/C18H13Cl2N3OS2/c1-22-13-9-11(20)6-7-14(13)25-17(22)15-16(24)23(2)18(26-15)21-12-5-3-4-10(19)8-12/h3-9H,1-2H3/b17-15-,21-18?. The SMILES string of the molecule is CN1C(=O)/C(=C2/Sc3ccc(Cl)cc3N2C)SC1=Nc1cccc(Cl)c1. The average Bonchev–Trinajstić information content (AvgIpc) is 3.07. The fourth-order valence-corrected chi connectivity index (χ4v) is 5.31. The zero-order valence-corrected chi connectivity index (χ0v) is 17.0. The number of carbonyl (C=O) groups excluding carboxylic acids is 1. The van der Waals surface area contributed by atoms with Crippen LogP contribution in [0.5, 0.6) is 0 Å². The molecule has 2 aliphatic rings. The Kier molecular flexibility index (Phi) is 4.69. The van der Waals surface area contributed by atoms with Crippen LogP contribution in [0.1, 0.15) is 0 Å². The van der Waals surface area contributed by atoms with E-state index in [9.17, 15) is 4.79 Å². The van der Waals surface area contributed by atoms with Gasteiger partial charge in [-0.2, -0.15) is 0 Å². The van der Waals surface area contributed by atoms with Crippen LogP contribution < -0.4 is 4.90 Å². The lowest BCUT2D eigenvalue weighted by molar-refractivity contribution is -0.121.